The monoisotopic (exact) mass is 640 g/mol. The number of hydrogen-bond donors (Lipinski definition) is 2. The lowest BCUT2D eigenvalue weighted by molar-refractivity contribution is -0.121. The lowest BCUT2D eigenvalue weighted by Gasteiger charge is -2.29. The highest BCUT2D eigenvalue weighted by Gasteiger charge is 2.44. The first-order valence-corrected chi connectivity index (χ1v) is 19.2. The van der Waals surface area contributed by atoms with Crippen LogP contribution in [0.1, 0.15) is 178 Å². The van der Waals surface area contributed by atoms with E-state index < -0.39 is 0 Å². The van der Waals surface area contributed by atoms with Crippen molar-refractivity contribution in [2.75, 3.05) is 19.8 Å². The maximum absolute atomic E-state index is 11.7. The predicted molar refractivity (Wildman–Crippen MR) is 194 cm³/mol. The third kappa shape index (κ3) is 28.1. The fourth-order valence-electron chi connectivity index (χ4n) is 5.74. The highest BCUT2D eigenvalue weighted by atomic mass is 16.6. The van der Waals surface area contributed by atoms with Crippen LogP contribution in [-0.2, 0) is 19.0 Å². The van der Waals surface area contributed by atoms with E-state index in [4.69, 9.17) is 27.2 Å². The third-order valence-electron chi connectivity index (χ3n) is 8.17. The molecule has 0 bridgehead atoms. The predicted octanol–water partition coefficient (Wildman–Crippen LogP) is 9.53. The van der Waals surface area contributed by atoms with Crippen LogP contribution in [-0.4, -0.2) is 69.0 Å². The van der Waals surface area contributed by atoms with Gasteiger partial charge in [0.1, 0.15) is 7.85 Å². The summed E-state index contributed by atoms with van der Waals surface area (Å²) in [5.41, 5.74) is 0. The van der Waals surface area contributed by atoms with Crippen LogP contribution < -0.4 is 5.32 Å². The van der Waals surface area contributed by atoms with Gasteiger partial charge in [-0.1, -0.05) is 125 Å². The molecule has 0 aliphatic carbocycles. The fraction of sp³-hybridized carbons (Fsp3) is 0.974. The summed E-state index contributed by atoms with van der Waals surface area (Å²) >= 11 is 0. The van der Waals surface area contributed by atoms with Crippen molar-refractivity contribution >= 4 is 13.8 Å². The second kappa shape index (κ2) is 33.3. The van der Waals surface area contributed by atoms with E-state index in [-0.39, 0.29) is 36.3 Å². The van der Waals surface area contributed by atoms with Crippen molar-refractivity contribution in [1.82, 2.24) is 5.32 Å². The van der Waals surface area contributed by atoms with E-state index in [1.807, 2.05) is 41.5 Å². The summed E-state index contributed by atoms with van der Waals surface area (Å²) in [6.07, 6.45) is 22.5. The molecule has 268 valence electrons. The van der Waals surface area contributed by atoms with Gasteiger partial charge in [0.15, 0.2) is 0 Å². The Labute approximate surface area is 282 Å². The molecule has 1 rings (SSSR count). The molecule has 6 nitrogen and oxygen atoms in total. The smallest absolute Gasteiger partial charge is 0.219 e. The SMILES string of the molecule is CC.CCCCCCNC(=O)CCCCCCCCCCCCCCCO.[B]C1OC(COC(C)C)C(C(C)C)C1OC(C)C. The first-order valence-electron chi connectivity index (χ1n) is 19.2. The molecule has 1 heterocycles. The van der Waals surface area contributed by atoms with Gasteiger partial charge >= 0.3 is 0 Å². The Morgan fingerprint density at radius 3 is 1.69 bits per heavy atom. The molecule has 0 spiro atoms. The zero-order valence-electron chi connectivity index (χ0n) is 31.5. The molecule has 0 aromatic heterocycles. The van der Waals surface area contributed by atoms with E-state index in [2.05, 4.69) is 26.1 Å². The number of rotatable bonds is 26. The Balaban J connectivity index is 0. The van der Waals surface area contributed by atoms with Crippen LogP contribution in [0, 0.1) is 11.8 Å². The number of ether oxygens (including phenoxy) is 3. The molecule has 1 aliphatic rings. The van der Waals surface area contributed by atoms with Gasteiger partial charge in [-0.05, 0) is 52.9 Å². The summed E-state index contributed by atoms with van der Waals surface area (Å²) in [4.78, 5) is 11.7. The average molecular weight is 640 g/mol. The van der Waals surface area contributed by atoms with Crippen LogP contribution in [0.2, 0.25) is 0 Å². The van der Waals surface area contributed by atoms with E-state index in [1.54, 1.807) is 0 Å². The van der Waals surface area contributed by atoms with Gasteiger partial charge < -0.3 is 24.6 Å². The van der Waals surface area contributed by atoms with Gasteiger partial charge in [0.05, 0.1) is 31.0 Å². The molecule has 0 aromatic carbocycles. The van der Waals surface area contributed by atoms with Crippen molar-refractivity contribution in [3.05, 3.63) is 0 Å². The van der Waals surface area contributed by atoms with Gasteiger partial charge in [0, 0.05) is 31.5 Å². The molecule has 1 fully saturated rings. The summed E-state index contributed by atoms with van der Waals surface area (Å²) < 4.78 is 17.4. The first kappa shape index (κ1) is 46.5. The quantitative estimate of drug-likeness (QED) is 0.0728. The zero-order chi connectivity index (χ0) is 34.3. The van der Waals surface area contributed by atoms with Crippen LogP contribution in [0.3, 0.4) is 0 Å². The van der Waals surface area contributed by atoms with Crippen molar-refractivity contribution in [2.24, 2.45) is 11.8 Å². The van der Waals surface area contributed by atoms with Crippen molar-refractivity contribution in [1.29, 1.82) is 0 Å². The Bertz CT molecular complexity index is 619. The Hall–Kier alpha value is -0.625. The van der Waals surface area contributed by atoms with Crippen LogP contribution in [0.5, 0.6) is 0 Å². The highest BCUT2D eigenvalue weighted by Crippen LogP contribution is 2.34. The number of carbonyl (C=O) groups is 1. The van der Waals surface area contributed by atoms with Crippen molar-refractivity contribution in [3.63, 3.8) is 0 Å². The zero-order valence-corrected chi connectivity index (χ0v) is 31.5. The molecule has 1 aliphatic heterocycles. The van der Waals surface area contributed by atoms with Crippen LogP contribution >= 0.6 is 0 Å². The van der Waals surface area contributed by atoms with Gasteiger partial charge in [-0.15, -0.1) is 0 Å². The topological polar surface area (TPSA) is 77.0 Å². The molecule has 0 aromatic rings. The number of nitrogens with one attached hydrogen (secondary N) is 1. The van der Waals surface area contributed by atoms with Crippen LogP contribution in [0.25, 0.3) is 0 Å². The van der Waals surface area contributed by atoms with Crippen LogP contribution in [0.4, 0.5) is 0 Å². The Morgan fingerprint density at radius 1 is 0.756 bits per heavy atom. The van der Waals surface area contributed by atoms with E-state index in [9.17, 15) is 4.79 Å². The third-order valence-corrected chi connectivity index (χ3v) is 8.17. The van der Waals surface area contributed by atoms with E-state index in [0.717, 1.165) is 25.8 Å². The number of hydrogen-bond acceptors (Lipinski definition) is 5. The molecule has 1 amide bonds. The largest absolute Gasteiger partial charge is 0.396 e. The summed E-state index contributed by atoms with van der Waals surface area (Å²) in [7, 11) is 6.05. The highest BCUT2D eigenvalue weighted by molar-refractivity contribution is 6.11. The molecule has 2 radical (unpaired) electrons. The molecule has 0 saturated carbocycles. The van der Waals surface area contributed by atoms with Crippen LogP contribution in [0.15, 0.2) is 0 Å². The van der Waals surface area contributed by atoms with Crippen molar-refractivity contribution in [3.8, 4) is 0 Å². The van der Waals surface area contributed by atoms with Gasteiger partial charge in [-0.2, -0.15) is 0 Å². The van der Waals surface area contributed by atoms with E-state index in [0.29, 0.717) is 31.5 Å². The summed E-state index contributed by atoms with van der Waals surface area (Å²) in [6, 6.07) is -0.347. The molecule has 2 N–H and O–H groups in total. The number of unbranched alkanes of at least 4 members (excludes halogenated alkanes) is 15. The minimum Gasteiger partial charge on any atom is -0.396 e. The van der Waals surface area contributed by atoms with E-state index >= 15 is 0 Å². The number of amides is 1. The number of aliphatic hydroxyl groups excluding tert-OH is 1. The Kier molecular flexibility index (Phi) is 34.4. The molecule has 45 heavy (non-hydrogen) atoms. The number of carbonyl (C=O) groups excluding carboxylic acids is 1. The Morgan fingerprint density at radius 2 is 1.24 bits per heavy atom. The molecule has 4 atom stereocenters. The minimum absolute atomic E-state index is 0.0335. The molecule has 7 heteroatoms. The van der Waals surface area contributed by atoms with Gasteiger partial charge in [-0.3, -0.25) is 4.79 Å². The van der Waals surface area contributed by atoms with Gasteiger partial charge in [0.2, 0.25) is 5.91 Å². The molecule has 4 unspecified atom stereocenters. The average Bonchev–Trinajstić information content (AvgIpc) is 3.31. The first-order chi connectivity index (χ1) is 21.6. The summed E-state index contributed by atoms with van der Waals surface area (Å²) in [5.74, 6) is 1.000. The second-order valence-electron chi connectivity index (χ2n) is 13.5. The summed E-state index contributed by atoms with van der Waals surface area (Å²) in [6.45, 7) is 20.5. The maximum Gasteiger partial charge on any atom is 0.219 e. The normalized spacial score (nSPS) is 19.4. The molecule has 1 saturated heterocycles. The molecular formula is C38H78BNO5. The lowest BCUT2D eigenvalue weighted by atomic mass is 9.81. The summed E-state index contributed by atoms with van der Waals surface area (Å²) in [5, 5.41) is 11.7. The fourth-order valence-corrected chi connectivity index (χ4v) is 5.74. The van der Waals surface area contributed by atoms with Gasteiger partial charge in [0.25, 0.3) is 0 Å². The molecular weight excluding hydrogens is 561 g/mol. The lowest BCUT2D eigenvalue weighted by Crippen LogP contribution is -2.37. The second-order valence-corrected chi connectivity index (χ2v) is 13.5. The van der Waals surface area contributed by atoms with Crippen molar-refractivity contribution in [2.45, 2.75) is 208 Å². The maximum atomic E-state index is 11.7. The minimum atomic E-state index is -0.347. The van der Waals surface area contributed by atoms with Gasteiger partial charge in [-0.25, -0.2) is 0 Å². The van der Waals surface area contributed by atoms with Crippen molar-refractivity contribution < 1.29 is 24.1 Å². The van der Waals surface area contributed by atoms with E-state index in [1.165, 1.54) is 89.9 Å². The standard InChI is InChI=1S/C22H45NO2.C14H27BO3.C2H6/c1-2-3-4-17-20-23-22(25)19-16-14-12-10-8-6-5-7-9-11-13-15-18-21-24;1-8(2)12-11(7-16-9(3)4)18-14(15)13(12)17-10(5)6;1-2/h24H,2-21H2,1H3,(H,23,25);8-14H,7H2,1-6H3;1-2H3. The number of aliphatic hydroxyl groups is 1.